The van der Waals surface area contributed by atoms with Crippen LogP contribution in [0.2, 0.25) is 0 Å². The Labute approximate surface area is 80.5 Å². The monoisotopic (exact) mass is 178 g/mol. The van der Waals surface area contributed by atoms with Gasteiger partial charge in [-0.3, -0.25) is 4.90 Å². The summed E-state index contributed by atoms with van der Waals surface area (Å²) in [5.74, 6) is 0.765. The summed E-state index contributed by atoms with van der Waals surface area (Å²) in [6.45, 7) is 4.56. The average Bonchev–Trinajstić information content (AvgIpc) is 2.14. The first kappa shape index (κ1) is 9.02. The van der Waals surface area contributed by atoms with Crippen LogP contribution in [0.1, 0.15) is 39.0 Å². The molecule has 2 nitrogen and oxygen atoms in total. The van der Waals surface area contributed by atoms with Gasteiger partial charge in [-0.25, -0.2) is 0 Å². The van der Waals surface area contributed by atoms with Crippen LogP contribution in [0.15, 0.2) is 0 Å². The van der Waals surface area contributed by atoms with Gasteiger partial charge in [0.25, 0.3) is 0 Å². The van der Waals surface area contributed by atoms with E-state index in [2.05, 4.69) is 17.9 Å². The normalized spacial score (nSPS) is 40.8. The molecule has 2 heteroatoms. The average molecular weight is 178 g/mol. The molecule has 72 valence electrons. The van der Waals surface area contributed by atoms with Crippen LogP contribution in [-0.2, 0) is 0 Å². The number of hydrogen-bond acceptors (Lipinski definition) is 2. The Morgan fingerprint density at radius 1 is 1.23 bits per heavy atom. The fourth-order valence-corrected chi connectivity index (χ4v) is 2.84. The molecule has 0 bridgehead atoms. The van der Waals surface area contributed by atoms with E-state index in [9.17, 15) is 5.26 Å². The Bertz CT molecular complexity index is 217. The van der Waals surface area contributed by atoms with Crippen molar-refractivity contribution in [2.45, 2.75) is 44.6 Å². The molecule has 0 radical (unpaired) electrons. The maximum atomic E-state index is 9.21. The lowest BCUT2D eigenvalue weighted by molar-refractivity contribution is 0.0132. The minimum Gasteiger partial charge on any atom is -0.286 e. The van der Waals surface area contributed by atoms with Gasteiger partial charge in [0.15, 0.2) is 0 Å². The third-order valence-corrected chi connectivity index (χ3v) is 3.54. The molecule has 0 aromatic heterocycles. The molecule has 0 spiro atoms. The van der Waals surface area contributed by atoms with Crippen molar-refractivity contribution in [2.24, 2.45) is 5.92 Å². The third kappa shape index (κ3) is 1.46. The highest BCUT2D eigenvalue weighted by atomic mass is 15.2. The summed E-state index contributed by atoms with van der Waals surface area (Å²) in [6.07, 6.45) is 6.14. The summed E-state index contributed by atoms with van der Waals surface area (Å²) in [6, 6.07) is 2.54. The number of rotatable bonds is 1. The zero-order valence-electron chi connectivity index (χ0n) is 8.42. The zero-order chi connectivity index (χ0) is 9.31. The van der Waals surface area contributed by atoms with Crippen LogP contribution >= 0.6 is 0 Å². The van der Waals surface area contributed by atoms with Gasteiger partial charge in [-0.15, -0.1) is 0 Å². The predicted molar refractivity (Wildman–Crippen MR) is 52.2 cm³/mol. The van der Waals surface area contributed by atoms with E-state index in [-0.39, 0.29) is 5.54 Å². The Morgan fingerprint density at radius 3 is 2.31 bits per heavy atom. The predicted octanol–water partition coefficient (Wildman–Crippen LogP) is 2.16. The lowest BCUT2D eigenvalue weighted by Crippen LogP contribution is -2.57. The van der Waals surface area contributed by atoms with Crippen molar-refractivity contribution >= 4 is 0 Å². The second-order valence-corrected chi connectivity index (χ2v) is 4.70. The molecule has 0 amide bonds. The van der Waals surface area contributed by atoms with Gasteiger partial charge in [-0.1, -0.05) is 13.3 Å². The first-order valence-corrected chi connectivity index (χ1v) is 5.43. The van der Waals surface area contributed by atoms with Crippen LogP contribution in [0.3, 0.4) is 0 Å². The Hall–Kier alpha value is -0.550. The molecule has 0 N–H and O–H groups in total. The molecule has 1 aliphatic heterocycles. The van der Waals surface area contributed by atoms with Gasteiger partial charge in [-0.2, -0.15) is 5.26 Å². The number of nitrogens with zero attached hydrogens (tertiary/aromatic N) is 2. The highest BCUT2D eigenvalue weighted by Crippen LogP contribution is 2.42. The molecule has 1 aliphatic carbocycles. The second-order valence-electron chi connectivity index (χ2n) is 4.70. The maximum Gasteiger partial charge on any atom is 0.109 e. The molecule has 2 aliphatic rings. The van der Waals surface area contributed by atoms with Gasteiger partial charge in [0.05, 0.1) is 6.07 Å². The Balaban J connectivity index is 2.01. The number of nitriles is 1. The van der Waals surface area contributed by atoms with E-state index in [0.717, 1.165) is 31.8 Å². The summed E-state index contributed by atoms with van der Waals surface area (Å²) in [4.78, 5) is 2.43. The quantitative estimate of drug-likeness (QED) is 0.615. The SMILES string of the molecule is CC1CC(C#N)(N2CCCCC2)C1. The lowest BCUT2D eigenvalue weighted by Gasteiger charge is -2.50. The zero-order valence-corrected chi connectivity index (χ0v) is 8.42. The van der Waals surface area contributed by atoms with E-state index in [4.69, 9.17) is 0 Å². The van der Waals surface area contributed by atoms with Gasteiger partial charge in [0.1, 0.15) is 5.54 Å². The summed E-state index contributed by atoms with van der Waals surface area (Å²) in [5.41, 5.74) is -0.0557. The van der Waals surface area contributed by atoms with Crippen molar-refractivity contribution in [3.8, 4) is 6.07 Å². The molecule has 0 atom stereocenters. The smallest absolute Gasteiger partial charge is 0.109 e. The molecule has 1 saturated carbocycles. The fraction of sp³-hybridized carbons (Fsp3) is 0.909. The van der Waals surface area contributed by atoms with Crippen LogP contribution in [0.5, 0.6) is 0 Å². The van der Waals surface area contributed by atoms with Gasteiger partial charge < -0.3 is 0 Å². The molecule has 1 heterocycles. The molecule has 1 saturated heterocycles. The highest BCUT2D eigenvalue weighted by Gasteiger charge is 2.47. The first-order chi connectivity index (χ1) is 6.27. The van der Waals surface area contributed by atoms with Crippen LogP contribution in [-0.4, -0.2) is 23.5 Å². The topological polar surface area (TPSA) is 27.0 Å². The van der Waals surface area contributed by atoms with Crippen molar-refractivity contribution in [1.82, 2.24) is 4.90 Å². The second kappa shape index (κ2) is 3.31. The first-order valence-electron chi connectivity index (χ1n) is 5.43. The van der Waals surface area contributed by atoms with E-state index in [0.29, 0.717) is 0 Å². The molecular formula is C11H18N2. The highest BCUT2D eigenvalue weighted by molar-refractivity contribution is 5.16. The van der Waals surface area contributed by atoms with E-state index >= 15 is 0 Å². The van der Waals surface area contributed by atoms with Crippen LogP contribution < -0.4 is 0 Å². The summed E-state index contributed by atoms with van der Waals surface area (Å²) in [5, 5.41) is 9.21. The Kier molecular flexibility index (Phi) is 2.29. The Morgan fingerprint density at radius 2 is 1.85 bits per heavy atom. The van der Waals surface area contributed by atoms with E-state index in [1.807, 2.05) is 0 Å². The maximum absolute atomic E-state index is 9.21. The van der Waals surface area contributed by atoms with Gasteiger partial charge in [0, 0.05) is 0 Å². The van der Waals surface area contributed by atoms with Gasteiger partial charge in [-0.05, 0) is 44.7 Å². The minimum atomic E-state index is -0.0557. The largest absolute Gasteiger partial charge is 0.286 e. The van der Waals surface area contributed by atoms with E-state index in [1.54, 1.807) is 0 Å². The summed E-state index contributed by atoms with van der Waals surface area (Å²) < 4.78 is 0. The van der Waals surface area contributed by atoms with Gasteiger partial charge in [0.2, 0.25) is 0 Å². The van der Waals surface area contributed by atoms with Crippen LogP contribution in [0.4, 0.5) is 0 Å². The van der Waals surface area contributed by atoms with Crippen molar-refractivity contribution in [3.05, 3.63) is 0 Å². The standard InChI is InChI=1S/C11H18N2/c1-10-7-11(8-10,9-12)13-5-3-2-4-6-13/h10H,2-8H2,1H3. The molecule has 0 aromatic rings. The fourth-order valence-electron chi connectivity index (χ4n) is 2.84. The number of likely N-dealkylation sites (tertiary alicyclic amines) is 1. The number of hydrogen-bond donors (Lipinski definition) is 0. The third-order valence-electron chi connectivity index (χ3n) is 3.54. The molecular weight excluding hydrogens is 160 g/mol. The molecule has 2 rings (SSSR count). The van der Waals surface area contributed by atoms with Gasteiger partial charge >= 0.3 is 0 Å². The van der Waals surface area contributed by atoms with Crippen molar-refractivity contribution in [1.29, 1.82) is 5.26 Å². The summed E-state index contributed by atoms with van der Waals surface area (Å²) in [7, 11) is 0. The number of piperidine rings is 1. The molecule has 0 aromatic carbocycles. The molecule has 13 heavy (non-hydrogen) atoms. The minimum absolute atomic E-state index is 0.0557. The van der Waals surface area contributed by atoms with E-state index in [1.165, 1.54) is 19.3 Å². The van der Waals surface area contributed by atoms with Crippen molar-refractivity contribution < 1.29 is 0 Å². The van der Waals surface area contributed by atoms with Crippen LogP contribution in [0.25, 0.3) is 0 Å². The van der Waals surface area contributed by atoms with Crippen molar-refractivity contribution in [3.63, 3.8) is 0 Å². The lowest BCUT2D eigenvalue weighted by atomic mass is 9.68. The molecule has 0 unspecified atom stereocenters. The van der Waals surface area contributed by atoms with Crippen molar-refractivity contribution in [2.75, 3.05) is 13.1 Å². The van der Waals surface area contributed by atoms with Crippen LogP contribution in [0, 0.1) is 17.2 Å². The summed E-state index contributed by atoms with van der Waals surface area (Å²) >= 11 is 0. The molecule has 2 fully saturated rings. The van der Waals surface area contributed by atoms with E-state index < -0.39 is 0 Å².